The van der Waals surface area contributed by atoms with Gasteiger partial charge >= 0.3 is 0 Å². The van der Waals surface area contributed by atoms with Crippen LogP contribution in [0.25, 0.3) is 106 Å². The van der Waals surface area contributed by atoms with Crippen LogP contribution >= 0.6 is 22.7 Å². The third-order valence-electron chi connectivity index (χ3n) is 17.5. The van der Waals surface area contributed by atoms with Crippen LogP contribution in [0.3, 0.4) is 0 Å². The minimum Gasteiger partial charge on any atom is -0.456 e. The van der Waals surface area contributed by atoms with Crippen LogP contribution in [0, 0.1) is 69.2 Å². The van der Waals surface area contributed by atoms with Gasteiger partial charge in [0.25, 0.3) is 0 Å². The first kappa shape index (κ1) is 75.0. The van der Waals surface area contributed by atoms with Crippen LogP contribution in [-0.4, -0.2) is 15.0 Å². The summed E-state index contributed by atoms with van der Waals surface area (Å²) in [6.07, 6.45) is 8.97. The smallest absolute Gasteiger partial charge is 0.135 e. The molecule has 20 aromatic rings. The fraction of sp³-hybridized carbons (Fsp3) is 0.101. The fourth-order valence-corrected chi connectivity index (χ4v) is 14.2. The number of aryl methyl sites for hydroxylation is 10. The first-order chi connectivity index (χ1) is 51.7. The fourth-order valence-electron chi connectivity index (χ4n) is 11.9. The lowest BCUT2D eigenvalue weighted by Gasteiger charge is -1.98. The highest BCUT2D eigenvalue weighted by atomic mass is 32.1. The number of furan rings is 2. The minimum atomic E-state index is 0.966. The normalized spacial score (nSPS) is 10.4. The molecule has 0 aliphatic rings. The third kappa shape index (κ3) is 21.3. The average Bonchev–Trinajstić information content (AvgIpc) is 1.66. The number of hydrogen-bond acceptors (Lipinski definition) is 7. The predicted molar refractivity (Wildman–Crippen MR) is 461 cm³/mol. The van der Waals surface area contributed by atoms with Crippen molar-refractivity contribution in [2.45, 2.75) is 69.2 Å². The number of rotatable bonds is 0. The van der Waals surface area contributed by atoms with Gasteiger partial charge in [0.1, 0.15) is 22.3 Å². The zero-order valence-corrected chi connectivity index (χ0v) is 63.7. The second-order valence-electron chi connectivity index (χ2n) is 26.2. The van der Waals surface area contributed by atoms with Gasteiger partial charge in [-0.1, -0.05) is 259 Å². The van der Waals surface area contributed by atoms with Crippen molar-refractivity contribution in [2.24, 2.45) is 0 Å². The molecule has 0 bridgehead atoms. The van der Waals surface area contributed by atoms with Gasteiger partial charge in [0.2, 0.25) is 0 Å². The van der Waals surface area contributed by atoms with E-state index in [-0.39, 0.29) is 0 Å². The average molecular weight is 1420 g/mol. The van der Waals surface area contributed by atoms with Crippen LogP contribution in [0.15, 0.2) is 367 Å². The van der Waals surface area contributed by atoms with E-state index >= 15 is 0 Å². The molecule has 0 aliphatic carbocycles. The lowest BCUT2D eigenvalue weighted by molar-refractivity contribution is 0.668. The molecule has 106 heavy (non-hydrogen) atoms. The molecule has 0 fully saturated rings. The molecule has 0 atom stereocenters. The van der Waals surface area contributed by atoms with Crippen molar-refractivity contribution in [1.82, 2.24) is 15.0 Å². The summed E-state index contributed by atoms with van der Waals surface area (Å²) in [7, 11) is 0. The molecule has 0 aliphatic heterocycles. The molecule has 7 heterocycles. The summed E-state index contributed by atoms with van der Waals surface area (Å²) in [5.41, 5.74) is 16.6. The molecule has 0 saturated carbocycles. The molecule has 0 spiro atoms. The molecule has 524 valence electrons. The minimum absolute atomic E-state index is 0.966. The third-order valence-corrected chi connectivity index (χ3v) is 19.7. The van der Waals surface area contributed by atoms with Crippen LogP contribution in [0.4, 0.5) is 0 Å². The number of aromatic nitrogens is 3. The van der Waals surface area contributed by atoms with Gasteiger partial charge in [-0.3, -0.25) is 15.0 Å². The SMILES string of the molecule is Cc1ccc2c(c1)oc1ccccc12.Cc1ccc2c(c1)sc1ccccc12.Cc1ccc2ccccc2c1.Cc1ccc2oc3ccccc3c2c1.Cc1ccc2sc3ccccc3c2c1.Cc1cccc2ccccc12.Cc1ccccc1.Cc1ccccn1.Cc1cccnc1.Cc1ccncc1. The zero-order chi connectivity index (χ0) is 74.0. The molecule has 0 N–H and O–H groups in total. The highest BCUT2D eigenvalue weighted by molar-refractivity contribution is 7.26. The zero-order valence-electron chi connectivity index (χ0n) is 62.0. The summed E-state index contributed by atoms with van der Waals surface area (Å²) in [6, 6.07) is 113. The number of pyridine rings is 3. The highest BCUT2D eigenvalue weighted by Gasteiger charge is 2.08. The predicted octanol–water partition coefficient (Wildman–Crippen LogP) is 29.0. The summed E-state index contributed by atoms with van der Waals surface area (Å²) in [6.45, 7) is 20.8. The van der Waals surface area contributed by atoms with E-state index in [1.54, 1.807) is 24.8 Å². The maximum absolute atomic E-state index is 5.73. The molecule has 0 amide bonds. The molecular weight excluding hydrogens is 1330 g/mol. The van der Waals surface area contributed by atoms with Gasteiger partial charge in [-0.25, -0.2) is 0 Å². The van der Waals surface area contributed by atoms with Crippen molar-refractivity contribution in [1.29, 1.82) is 0 Å². The van der Waals surface area contributed by atoms with Crippen molar-refractivity contribution >= 4 is 128 Å². The Hall–Kier alpha value is -12.1. The van der Waals surface area contributed by atoms with Gasteiger partial charge in [0.05, 0.1) is 0 Å². The number of hydrogen-bond donors (Lipinski definition) is 0. The van der Waals surface area contributed by atoms with Crippen molar-refractivity contribution in [2.75, 3.05) is 0 Å². The summed E-state index contributed by atoms with van der Waals surface area (Å²) < 4.78 is 17.0. The Balaban J connectivity index is 0.000000119. The van der Waals surface area contributed by atoms with Gasteiger partial charge < -0.3 is 8.83 Å². The van der Waals surface area contributed by atoms with E-state index in [0.717, 1.165) is 28.0 Å². The van der Waals surface area contributed by atoms with Crippen molar-refractivity contribution in [3.63, 3.8) is 0 Å². The van der Waals surface area contributed by atoms with E-state index in [1.807, 2.05) is 153 Å². The first-order valence-corrected chi connectivity index (χ1v) is 37.4. The summed E-state index contributed by atoms with van der Waals surface area (Å²) in [5, 5.41) is 15.7. The Morgan fingerprint density at radius 1 is 0.217 bits per heavy atom. The summed E-state index contributed by atoms with van der Waals surface area (Å²) in [5.74, 6) is 0. The van der Waals surface area contributed by atoms with Gasteiger partial charge in [-0.2, -0.15) is 0 Å². The van der Waals surface area contributed by atoms with E-state index in [2.05, 4.69) is 288 Å². The summed E-state index contributed by atoms with van der Waals surface area (Å²) >= 11 is 3.75. The molecule has 20 rings (SSSR count). The van der Waals surface area contributed by atoms with E-state index in [9.17, 15) is 0 Å². The molecule has 0 unspecified atom stereocenters. The molecular formula is C99H89N3O2S2. The molecule has 5 nitrogen and oxygen atoms in total. The lowest BCUT2D eigenvalue weighted by Crippen LogP contribution is -1.75. The molecule has 7 heteroatoms. The number of benzene rings is 13. The van der Waals surface area contributed by atoms with Gasteiger partial charge in [0.15, 0.2) is 0 Å². The number of thiophene rings is 2. The van der Waals surface area contributed by atoms with Crippen LogP contribution < -0.4 is 0 Å². The Kier molecular flexibility index (Phi) is 26.8. The number of fused-ring (bicyclic) bond motifs is 14. The van der Waals surface area contributed by atoms with Gasteiger partial charge in [0, 0.05) is 98.6 Å². The van der Waals surface area contributed by atoms with E-state index in [0.29, 0.717) is 0 Å². The van der Waals surface area contributed by atoms with Crippen LogP contribution in [0.1, 0.15) is 55.8 Å². The molecule has 7 aromatic heterocycles. The number of nitrogens with zero attached hydrogens (tertiary/aromatic N) is 3. The van der Waals surface area contributed by atoms with Crippen LogP contribution in [0.5, 0.6) is 0 Å². The van der Waals surface area contributed by atoms with E-state index in [4.69, 9.17) is 8.83 Å². The van der Waals surface area contributed by atoms with Crippen LogP contribution in [0.2, 0.25) is 0 Å². The second-order valence-corrected chi connectivity index (χ2v) is 28.4. The number of para-hydroxylation sites is 2. The molecule has 0 radical (unpaired) electrons. The van der Waals surface area contributed by atoms with Crippen molar-refractivity contribution in [3.8, 4) is 0 Å². The van der Waals surface area contributed by atoms with Gasteiger partial charge in [-0.05, 0) is 210 Å². The Morgan fingerprint density at radius 2 is 0.670 bits per heavy atom. The van der Waals surface area contributed by atoms with Crippen molar-refractivity contribution < 1.29 is 8.83 Å². The van der Waals surface area contributed by atoms with E-state index < -0.39 is 0 Å². The Morgan fingerprint density at radius 3 is 1.26 bits per heavy atom. The second kappa shape index (κ2) is 37.9. The Labute approximate surface area is 631 Å². The van der Waals surface area contributed by atoms with Crippen molar-refractivity contribution in [3.05, 3.63) is 414 Å². The summed E-state index contributed by atoms with van der Waals surface area (Å²) in [4.78, 5) is 11.7. The maximum Gasteiger partial charge on any atom is 0.135 e. The standard InChI is InChI=1S/2C13H10O.2C13H10S.2C11H10.C7H8.3C6H7N/c1-9-6-7-13-11(8-9)10-4-2-3-5-12(10)14-13;1-9-6-7-11-10-4-2-3-5-12(10)14-13(11)8-9;1-9-6-7-13-11(8-9)10-4-2-3-5-12(10)14-13;1-9-6-7-11-10-4-2-3-5-12(10)14-13(11)8-9;1-9-5-4-7-10-6-2-3-8-11(9)10;1-9-6-7-10-4-2-3-5-11(10)8-9;1-7-5-3-2-4-6-7;1-6-2-4-7-5-3-6;1-6-3-2-4-7-5-6;1-6-4-2-3-5-7-6/h4*2-8H,1H3;2*2-8H,1H3;2-6H,1H3;3*2-5H,1H3. The largest absolute Gasteiger partial charge is 0.456 e. The highest BCUT2D eigenvalue weighted by Crippen LogP contribution is 2.36. The quantitative estimate of drug-likeness (QED) is 0.151. The van der Waals surface area contributed by atoms with Crippen LogP contribution in [-0.2, 0) is 0 Å². The van der Waals surface area contributed by atoms with Gasteiger partial charge in [-0.15, -0.1) is 22.7 Å². The monoisotopic (exact) mass is 1420 g/mol. The maximum atomic E-state index is 5.73. The Bertz CT molecular complexity index is 5700. The van der Waals surface area contributed by atoms with E-state index in [1.165, 1.54) is 134 Å². The molecule has 0 saturated heterocycles. The lowest BCUT2D eigenvalue weighted by atomic mass is 10.1. The first-order valence-electron chi connectivity index (χ1n) is 35.7. The topological polar surface area (TPSA) is 65.0 Å². The molecule has 13 aromatic carbocycles.